The highest BCUT2D eigenvalue weighted by Crippen LogP contribution is 2.31. The van der Waals surface area contributed by atoms with E-state index in [0.717, 1.165) is 46.6 Å². The topological polar surface area (TPSA) is 111 Å². The fourth-order valence-electron chi connectivity index (χ4n) is 4.51. The Labute approximate surface area is 265 Å². The van der Waals surface area contributed by atoms with E-state index >= 15 is 0 Å². The number of sulfonamides is 1. The Hall–Kier alpha value is -4.57. The van der Waals surface area contributed by atoms with Crippen LogP contribution in [-0.2, 0) is 16.6 Å². The Balaban J connectivity index is 1.28. The molecule has 1 aromatic heterocycles. The first-order valence-corrected chi connectivity index (χ1v) is 16.1. The number of aryl methyl sites for hydroxylation is 1. The zero-order valence-electron chi connectivity index (χ0n) is 23.7. The number of rotatable bonds is 10. The molecule has 0 saturated heterocycles. The van der Waals surface area contributed by atoms with Crippen molar-refractivity contribution in [1.29, 1.82) is 0 Å². The second kappa shape index (κ2) is 13.0. The fraction of sp³-hybridized carbons (Fsp3) is 0.0909. The van der Waals surface area contributed by atoms with Crippen LogP contribution in [0.3, 0.4) is 0 Å². The molecule has 0 aliphatic carbocycles. The van der Waals surface area contributed by atoms with Gasteiger partial charge in [-0.15, -0.1) is 0 Å². The third kappa shape index (κ3) is 7.49. The third-order valence-electron chi connectivity index (χ3n) is 6.63. The summed E-state index contributed by atoms with van der Waals surface area (Å²) in [6.45, 7) is 2.81. The summed E-state index contributed by atoms with van der Waals surface area (Å²) in [7, 11) is -3.68. The van der Waals surface area contributed by atoms with Crippen LogP contribution < -0.4 is 9.46 Å². The van der Waals surface area contributed by atoms with Crippen LogP contribution in [-0.4, -0.2) is 35.3 Å². The Kier molecular flexibility index (Phi) is 9.10. The second-order valence-electron chi connectivity index (χ2n) is 9.86. The molecule has 11 heteroatoms. The van der Waals surface area contributed by atoms with Gasteiger partial charge in [-0.25, -0.2) is 18.2 Å². The van der Waals surface area contributed by atoms with E-state index in [9.17, 15) is 18.3 Å². The molecule has 44 heavy (non-hydrogen) atoms. The van der Waals surface area contributed by atoms with E-state index in [1.165, 1.54) is 18.2 Å². The molecule has 0 spiro atoms. The number of imidazole rings is 1. The van der Waals surface area contributed by atoms with Gasteiger partial charge in [0.15, 0.2) is 0 Å². The van der Waals surface area contributed by atoms with E-state index in [0.29, 0.717) is 15.8 Å². The quantitative estimate of drug-likeness (QED) is 0.157. The normalized spacial score (nSPS) is 11.5. The van der Waals surface area contributed by atoms with Crippen LogP contribution in [0.1, 0.15) is 28.7 Å². The smallest absolute Gasteiger partial charge is 0.337 e. The van der Waals surface area contributed by atoms with E-state index in [1.807, 2.05) is 60.8 Å². The minimum absolute atomic E-state index is 0.0756. The van der Waals surface area contributed by atoms with Crippen LogP contribution in [0.15, 0.2) is 91.1 Å². The summed E-state index contributed by atoms with van der Waals surface area (Å²) in [5.41, 5.74) is 4.33. The van der Waals surface area contributed by atoms with Crippen molar-refractivity contribution in [2.75, 3.05) is 11.0 Å². The number of aromatic nitrogens is 2. The first-order valence-electron chi connectivity index (χ1n) is 13.4. The number of carboxylic acid groups (broad SMARTS) is 1. The lowest BCUT2D eigenvalue weighted by atomic mass is 10.0. The number of benzene rings is 4. The van der Waals surface area contributed by atoms with Crippen molar-refractivity contribution in [1.82, 2.24) is 9.55 Å². The molecule has 0 fully saturated rings. The van der Waals surface area contributed by atoms with Crippen LogP contribution in [0, 0.1) is 0 Å². The van der Waals surface area contributed by atoms with E-state index < -0.39 is 16.0 Å². The average molecular weight is 649 g/mol. The number of hydrogen-bond donors (Lipinski definition) is 2. The molecule has 0 amide bonds. The number of carbonyl (C=O) groups is 1. The number of nitrogens with one attached hydrogen (secondary N) is 1. The number of anilines is 1. The molecule has 0 radical (unpaired) electrons. The monoisotopic (exact) mass is 647 g/mol. The van der Waals surface area contributed by atoms with Crippen molar-refractivity contribution >= 4 is 57.0 Å². The molecule has 0 unspecified atom stereocenters. The van der Waals surface area contributed by atoms with Crippen molar-refractivity contribution in [2.45, 2.75) is 13.5 Å². The minimum atomic E-state index is -3.68. The highest BCUT2D eigenvalue weighted by molar-refractivity contribution is 7.92. The number of aromatic carboxylic acids is 1. The third-order valence-corrected chi connectivity index (χ3v) is 7.77. The highest BCUT2D eigenvalue weighted by atomic mass is 35.5. The summed E-state index contributed by atoms with van der Waals surface area (Å²) in [5, 5.41) is 10.5. The van der Waals surface area contributed by atoms with Crippen molar-refractivity contribution in [2.24, 2.45) is 0 Å². The molecule has 0 aliphatic rings. The maximum Gasteiger partial charge on any atom is 0.337 e. The van der Waals surface area contributed by atoms with Crippen LogP contribution in [0.4, 0.5) is 5.69 Å². The summed E-state index contributed by atoms with van der Waals surface area (Å²) in [4.78, 5) is 16.2. The van der Waals surface area contributed by atoms with Crippen molar-refractivity contribution in [3.63, 3.8) is 0 Å². The van der Waals surface area contributed by atoms with Gasteiger partial charge in [0.25, 0.3) is 0 Å². The van der Waals surface area contributed by atoms with Crippen molar-refractivity contribution in [3.8, 4) is 33.9 Å². The standard InChI is InChI=1S/C33H27Cl2N3O5S/c1-3-38-20-31(27-15-11-24(34)18-29(27)35)36-32(38)17-6-21-4-7-22(8-5-21)23-9-12-25(13-10-23)43-26-14-16-28(33(39)40)30(19-26)37-44(2,41)42/h4-20,37H,3H2,1-2H3,(H,39,40). The van der Waals surface area contributed by atoms with Gasteiger partial charge in [0.05, 0.1) is 28.2 Å². The first-order chi connectivity index (χ1) is 21.0. The van der Waals surface area contributed by atoms with Gasteiger partial charge in [0, 0.05) is 29.4 Å². The lowest BCUT2D eigenvalue weighted by Gasteiger charge is -2.12. The second-order valence-corrected chi connectivity index (χ2v) is 12.5. The van der Waals surface area contributed by atoms with Gasteiger partial charge in [-0.2, -0.15) is 0 Å². The zero-order chi connectivity index (χ0) is 31.4. The molecule has 4 aromatic carbocycles. The largest absolute Gasteiger partial charge is 0.478 e. The minimum Gasteiger partial charge on any atom is -0.478 e. The van der Waals surface area contributed by atoms with E-state index in [1.54, 1.807) is 24.3 Å². The predicted molar refractivity (Wildman–Crippen MR) is 176 cm³/mol. The Bertz CT molecular complexity index is 1970. The molecular weight excluding hydrogens is 621 g/mol. The molecule has 5 rings (SSSR count). The summed E-state index contributed by atoms with van der Waals surface area (Å²) in [6.07, 6.45) is 6.90. The predicted octanol–water partition coefficient (Wildman–Crippen LogP) is 8.58. The van der Waals surface area contributed by atoms with Crippen molar-refractivity contribution in [3.05, 3.63) is 118 Å². The number of halogens is 2. The average Bonchev–Trinajstić information content (AvgIpc) is 3.39. The van der Waals surface area contributed by atoms with Gasteiger partial charge in [0.2, 0.25) is 10.0 Å². The summed E-state index contributed by atoms with van der Waals surface area (Å²) in [5.74, 6) is 0.351. The van der Waals surface area contributed by atoms with Crippen LogP contribution >= 0.6 is 23.2 Å². The Morgan fingerprint density at radius 2 is 1.59 bits per heavy atom. The lowest BCUT2D eigenvalue weighted by Crippen LogP contribution is -2.13. The molecule has 0 aliphatic heterocycles. The van der Waals surface area contributed by atoms with E-state index in [-0.39, 0.29) is 17.0 Å². The molecule has 0 atom stereocenters. The SMILES string of the molecule is CCn1cc(-c2ccc(Cl)cc2Cl)nc1C=Cc1ccc(-c2ccc(Oc3ccc(C(=O)O)c(NS(C)(=O)=O)c3)cc2)cc1. The number of nitrogens with zero attached hydrogens (tertiary/aromatic N) is 2. The molecule has 2 N–H and O–H groups in total. The molecule has 0 bridgehead atoms. The van der Waals surface area contributed by atoms with Crippen LogP contribution in [0.2, 0.25) is 10.0 Å². The summed E-state index contributed by atoms with van der Waals surface area (Å²) in [6, 6.07) is 24.9. The van der Waals surface area contributed by atoms with Gasteiger partial charge in [-0.1, -0.05) is 65.7 Å². The van der Waals surface area contributed by atoms with Crippen LogP contribution in [0.5, 0.6) is 11.5 Å². The van der Waals surface area contributed by atoms with Gasteiger partial charge in [-0.05, 0) is 72.2 Å². The molecule has 1 heterocycles. The summed E-state index contributed by atoms with van der Waals surface area (Å²) < 4.78 is 33.5. The molecule has 224 valence electrons. The zero-order valence-corrected chi connectivity index (χ0v) is 26.0. The number of ether oxygens (including phenoxy) is 1. The maximum absolute atomic E-state index is 11.7. The fourth-order valence-corrected chi connectivity index (χ4v) is 5.58. The molecule has 0 saturated carbocycles. The van der Waals surface area contributed by atoms with Gasteiger partial charge in [0.1, 0.15) is 17.3 Å². The summed E-state index contributed by atoms with van der Waals surface area (Å²) >= 11 is 12.4. The molecule has 5 aromatic rings. The lowest BCUT2D eigenvalue weighted by molar-refractivity contribution is 0.0698. The molecular formula is C33H27Cl2N3O5S. The first kappa shape index (κ1) is 30.9. The van der Waals surface area contributed by atoms with E-state index in [2.05, 4.69) is 16.2 Å². The van der Waals surface area contributed by atoms with E-state index in [4.69, 9.17) is 32.9 Å². The maximum atomic E-state index is 11.7. The highest BCUT2D eigenvalue weighted by Gasteiger charge is 2.15. The number of carboxylic acids is 1. The Morgan fingerprint density at radius 1 is 0.932 bits per heavy atom. The molecule has 8 nitrogen and oxygen atoms in total. The van der Waals surface area contributed by atoms with Crippen LogP contribution in [0.25, 0.3) is 34.5 Å². The Morgan fingerprint density at radius 3 is 2.20 bits per heavy atom. The van der Waals surface area contributed by atoms with Gasteiger partial charge >= 0.3 is 5.97 Å². The number of hydrogen-bond acceptors (Lipinski definition) is 5. The van der Waals surface area contributed by atoms with Crippen molar-refractivity contribution < 1.29 is 23.1 Å². The van der Waals surface area contributed by atoms with Gasteiger partial charge in [-0.3, -0.25) is 4.72 Å². The van der Waals surface area contributed by atoms with Gasteiger partial charge < -0.3 is 14.4 Å².